The molecule has 0 saturated heterocycles. The number of rotatable bonds is 6. The number of aryl methyl sites for hydroxylation is 1. The third kappa shape index (κ3) is 3.64. The van der Waals surface area contributed by atoms with Gasteiger partial charge in [-0.2, -0.15) is 0 Å². The third-order valence-corrected chi connectivity index (χ3v) is 3.43. The van der Waals surface area contributed by atoms with Gasteiger partial charge in [-0.05, 0) is 25.1 Å². The SMILES string of the molecule is CCNC(Cc1nccc(C)c1[N+](=O)[O-])c1ccccc1. The summed E-state index contributed by atoms with van der Waals surface area (Å²) in [5, 5.41) is 14.6. The van der Waals surface area contributed by atoms with E-state index in [1.807, 2.05) is 37.3 Å². The van der Waals surface area contributed by atoms with E-state index in [1.165, 1.54) is 0 Å². The summed E-state index contributed by atoms with van der Waals surface area (Å²) in [6, 6.07) is 11.6. The van der Waals surface area contributed by atoms with Crippen molar-refractivity contribution in [3.63, 3.8) is 0 Å². The zero-order chi connectivity index (χ0) is 15.2. The van der Waals surface area contributed by atoms with Gasteiger partial charge in [0.05, 0.1) is 4.92 Å². The van der Waals surface area contributed by atoms with Crippen LogP contribution in [0.25, 0.3) is 0 Å². The summed E-state index contributed by atoms with van der Waals surface area (Å²) in [5.74, 6) is 0. The van der Waals surface area contributed by atoms with Gasteiger partial charge in [0, 0.05) is 24.2 Å². The van der Waals surface area contributed by atoms with Crippen LogP contribution in [0.4, 0.5) is 5.69 Å². The Balaban J connectivity index is 2.34. The van der Waals surface area contributed by atoms with Crippen LogP contribution in [-0.4, -0.2) is 16.5 Å². The molecule has 1 heterocycles. The van der Waals surface area contributed by atoms with Crippen molar-refractivity contribution < 1.29 is 4.92 Å². The smallest absolute Gasteiger partial charge is 0.293 e. The van der Waals surface area contributed by atoms with Crippen LogP contribution in [0.15, 0.2) is 42.6 Å². The molecule has 0 aliphatic heterocycles. The molecule has 2 rings (SSSR count). The Bertz CT molecular complexity index is 614. The first-order valence-corrected chi connectivity index (χ1v) is 7.00. The second-order valence-electron chi connectivity index (χ2n) is 4.91. The predicted octanol–water partition coefficient (Wildman–Crippen LogP) is 3.19. The fourth-order valence-corrected chi connectivity index (χ4v) is 2.44. The van der Waals surface area contributed by atoms with Crippen molar-refractivity contribution in [3.8, 4) is 0 Å². The topological polar surface area (TPSA) is 68.1 Å². The molecule has 0 radical (unpaired) electrons. The van der Waals surface area contributed by atoms with Crippen molar-refractivity contribution in [2.45, 2.75) is 26.3 Å². The van der Waals surface area contributed by atoms with E-state index in [0.717, 1.165) is 12.1 Å². The van der Waals surface area contributed by atoms with Gasteiger partial charge in [0.25, 0.3) is 5.69 Å². The van der Waals surface area contributed by atoms with Gasteiger partial charge in [0.1, 0.15) is 5.69 Å². The molecule has 2 aromatic rings. The summed E-state index contributed by atoms with van der Waals surface area (Å²) in [7, 11) is 0. The molecule has 0 saturated carbocycles. The lowest BCUT2D eigenvalue weighted by atomic mass is 10.00. The summed E-state index contributed by atoms with van der Waals surface area (Å²) in [6.45, 7) is 4.56. The van der Waals surface area contributed by atoms with Gasteiger partial charge >= 0.3 is 0 Å². The molecule has 1 unspecified atom stereocenters. The fourth-order valence-electron chi connectivity index (χ4n) is 2.44. The second-order valence-corrected chi connectivity index (χ2v) is 4.91. The highest BCUT2D eigenvalue weighted by molar-refractivity contribution is 5.43. The fraction of sp³-hybridized carbons (Fsp3) is 0.312. The van der Waals surface area contributed by atoms with Gasteiger partial charge in [-0.3, -0.25) is 15.1 Å². The van der Waals surface area contributed by atoms with Gasteiger partial charge in [0.2, 0.25) is 0 Å². The highest BCUT2D eigenvalue weighted by atomic mass is 16.6. The predicted molar refractivity (Wildman–Crippen MR) is 82.2 cm³/mol. The quantitative estimate of drug-likeness (QED) is 0.653. The van der Waals surface area contributed by atoms with Crippen LogP contribution in [0.3, 0.4) is 0 Å². The van der Waals surface area contributed by atoms with Gasteiger partial charge in [-0.15, -0.1) is 0 Å². The van der Waals surface area contributed by atoms with Gasteiger partial charge < -0.3 is 5.32 Å². The van der Waals surface area contributed by atoms with Gasteiger partial charge in [-0.25, -0.2) is 0 Å². The monoisotopic (exact) mass is 285 g/mol. The molecule has 0 fully saturated rings. The summed E-state index contributed by atoms with van der Waals surface area (Å²) >= 11 is 0. The molecule has 1 aromatic heterocycles. The number of nitro groups is 1. The third-order valence-electron chi connectivity index (χ3n) is 3.43. The minimum atomic E-state index is -0.342. The average Bonchev–Trinajstić information content (AvgIpc) is 2.47. The summed E-state index contributed by atoms with van der Waals surface area (Å²) in [6.07, 6.45) is 2.13. The molecule has 5 nitrogen and oxygen atoms in total. The molecule has 1 N–H and O–H groups in total. The minimum absolute atomic E-state index is 0.0178. The highest BCUT2D eigenvalue weighted by Gasteiger charge is 2.22. The highest BCUT2D eigenvalue weighted by Crippen LogP contribution is 2.26. The minimum Gasteiger partial charge on any atom is -0.310 e. The largest absolute Gasteiger partial charge is 0.310 e. The Morgan fingerprint density at radius 1 is 1.29 bits per heavy atom. The Labute approximate surface area is 124 Å². The summed E-state index contributed by atoms with van der Waals surface area (Å²) < 4.78 is 0. The van der Waals surface area contributed by atoms with Crippen LogP contribution in [-0.2, 0) is 6.42 Å². The molecule has 1 aromatic carbocycles. The lowest BCUT2D eigenvalue weighted by molar-refractivity contribution is -0.386. The zero-order valence-electron chi connectivity index (χ0n) is 12.2. The maximum absolute atomic E-state index is 11.3. The Morgan fingerprint density at radius 3 is 2.62 bits per heavy atom. The Kier molecular flexibility index (Phi) is 5.00. The lowest BCUT2D eigenvalue weighted by Gasteiger charge is -2.18. The zero-order valence-corrected chi connectivity index (χ0v) is 12.2. The van der Waals surface area contributed by atoms with Crippen LogP contribution in [0.1, 0.15) is 29.8 Å². The number of benzene rings is 1. The molecular formula is C16H19N3O2. The normalized spacial score (nSPS) is 12.1. The summed E-state index contributed by atoms with van der Waals surface area (Å²) in [5.41, 5.74) is 2.40. The van der Waals surface area contributed by atoms with Crippen LogP contribution in [0.2, 0.25) is 0 Å². The molecule has 0 spiro atoms. The maximum atomic E-state index is 11.3. The molecule has 5 heteroatoms. The second kappa shape index (κ2) is 6.95. The number of hydrogen-bond donors (Lipinski definition) is 1. The lowest BCUT2D eigenvalue weighted by Crippen LogP contribution is -2.23. The van der Waals surface area contributed by atoms with E-state index in [4.69, 9.17) is 0 Å². The molecule has 1 atom stereocenters. The molecule has 21 heavy (non-hydrogen) atoms. The molecule has 0 aliphatic rings. The van der Waals surface area contributed by atoms with E-state index in [1.54, 1.807) is 19.2 Å². The number of pyridine rings is 1. The van der Waals surface area contributed by atoms with Crippen molar-refractivity contribution >= 4 is 5.69 Å². The average molecular weight is 285 g/mol. The van der Waals surface area contributed by atoms with E-state index >= 15 is 0 Å². The Hall–Kier alpha value is -2.27. The molecule has 0 bridgehead atoms. The van der Waals surface area contributed by atoms with E-state index in [9.17, 15) is 10.1 Å². The van der Waals surface area contributed by atoms with Crippen molar-refractivity contribution in [1.82, 2.24) is 10.3 Å². The summed E-state index contributed by atoms with van der Waals surface area (Å²) in [4.78, 5) is 15.1. The first kappa shape index (κ1) is 15.1. The number of likely N-dealkylation sites (N-methyl/N-ethyl adjacent to an activating group) is 1. The van der Waals surface area contributed by atoms with E-state index in [0.29, 0.717) is 17.7 Å². The van der Waals surface area contributed by atoms with Crippen molar-refractivity contribution in [2.75, 3.05) is 6.54 Å². The number of aromatic nitrogens is 1. The first-order valence-electron chi connectivity index (χ1n) is 7.00. The molecule has 110 valence electrons. The van der Waals surface area contributed by atoms with Crippen LogP contribution in [0, 0.1) is 17.0 Å². The van der Waals surface area contributed by atoms with Crippen LogP contribution >= 0.6 is 0 Å². The number of hydrogen-bond acceptors (Lipinski definition) is 4. The molecule has 0 amide bonds. The van der Waals surface area contributed by atoms with Gasteiger partial charge in [-0.1, -0.05) is 37.3 Å². The standard InChI is InChI=1S/C16H19N3O2/c1-3-17-14(13-7-5-4-6-8-13)11-15-16(19(20)21)12(2)9-10-18-15/h4-10,14,17H,3,11H2,1-2H3. The Morgan fingerprint density at radius 2 is 2.00 bits per heavy atom. The van der Waals surface area contributed by atoms with Crippen molar-refractivity contribution in [3.05, 3.63) is 69.5 Å². The number of nitrogens with zero attached hydrogens (tertiary/aromatic N) is 2. The first-order chi connectivity index (χ1) is 10.1. The van der Waals surface area contributed by atoms with Crippen molar-refractivity contribution in [2.24, 2.45) is 0 Å². The van der Waals surface area contributed by atoms with E-state index in [2.05, 4.69) is 10.3 Å². The van der Waals surface area contributed by atoms with Crippen LogP contribution in [0.5, 0.6) is 0 Å². The maximum Gasteiger partial charge on any atom is 0.293 e. The van der Waals surface area contributed by atoms with Gasteiger partial charge in [0.15, 0.2) is 0 Å². The van der Waals surface area contributed by atoms with E-state index < -0.39 is 0 Å². The number of nitrogens with one attached hydrogen (secondary N) is 1. The van der Waals surface area contributed by atoms with E-state index in [-0.39, 0.29) is 16.7 Å². The van der Waals surface area contributed by atoms with Crippen LogP contribution < -0.4 is 5.32 Å². The molecule has 0 aliphatic carbocycles. The molecular weight excluding hydrogens is 266 g/mol. The van der Waals surface area contributed by atoms with Crippen molar-refractivity contribution in [1.29, 1.82) is 0 Å².